The summed E-state index contributed by atoms with van der Waals surface area (Å²) >= 11 is 0. The van der Waals surface area contributed by atoms with Gasteiger partial charge in [-0.3, -0.25) is 4.79 Å². The lowest BCUT2D eigenvalue weighted by Gasteiger charge is -2.34. The van der Waals surface area contributed by atoms with E-state index in [0.717, 1.165) is 13.1 Å². The third-order valence-electron chi connectivity index (χ3n) is 3.81. The molecule has 0 bridgehead atoms. The van der Waals surface area contributed by atoms with Crippen molar-refractivity contribution in [3.63, 3.8) is 0 Å². The highest BCUT2D eigenvalue weighted by molar-refractivity contribution is 7.89. The Morgan fingerprint density at radius 3 is 2.86 bits per heavy atom. The average Bonchev–Trinajstić information content (AvgIpc) is 2.80. The largest absolute Gasteiger partial charge is 0.337 e. The number of carbonyl (C=O) groups is 1. The summed E-state index contributed by atoms with van der Waals surface area (Å²) in [7, 11) is -1.93. The second kappa shape index (κ2) is 6.76. The van der Waals surface area contributed by atoms with E-state index in [4.69, 9.17) is 0 Å². The number of aromatic nitrogens is 2. The molecule has 8 nitrogen and oxygen atoms in total. The summed E-state index contributed by atoms with van der Waals surface area (Å²) in [6.45, 7) is 5.98. The van der Waals surface area contributed by atoms with Gasteiger partial charge in [0.15, 0.2) is 5.03 Å². The fourth-order valence-electron chi connectivity index (χ4n) is 2.38. The van der Waals surface area contributed by atoms with Crippen LogP contribution in [-0.4, -0.2) is 61.0 Å². The number of nitrogens with zero attached hydrogens (tertiary/aromatic N) is 3. The van der Waals surface area contributed by atoms with E-state index < -0.39 is 10.0 Å². The molecule has 2 N–H and O–H groups in total. The zero-order valence-corrected chi connectivity index (χ0v) is 14.0. The van der Waals surface area contributed by atoms with E-state index in [-0.39, 0.29) is 29.9 Å². The molecule has 0 unspecified atom stereocenters. The Labute approximate surface area is 130 Å². The third-order valence-corrected chi connectivity index (χ3v) is 5.15. The van der Waals surface area contributed by atoms with Gasteiger partial charge in [-0.25, -0.2) is 18.1 Å². The highest BCUT2D eigenvalue weighted by Gasteiger charge is 2.23. The molecular formula is C13H23N5O3S. The van der Waals surface area contributed by atoms with E-state index >= 15 is 0 Å². The van der Waals surface area contributed by atoms with Crippen molar-refractivity contribution in [2.75, 3.05) is 26.2 Å². The minimum atomic E-state index is -3.67. The molecule has 1 aliphatic rings. The number of amides is 1. The van der Waals surface area contributed by atoms with Gasteiger partial charge >= 0.3 is 0 Å². The van der Waals surface area contributed by atoms with Gasteiger partial charge in [0.2, 0.25) is 5.91 Å². The van der Waals surface area contributed by atoms with Crippen LogP contribution in [0.2, 0.25) is 0 Å². The zero-order chi connectivity index (χ0) is 16.3. The van der Waals surface area contributed by atoms with Crippen molar-refractivity contribution in [3.8, 4) is 0 Å². The molecule has 1 aromatic rings. The maximum absolute atomic E-state index is 12.1. The monoisotopic (exact) mass is 329 g/mol. The highest BCUT2D eigenvalue weighted by Crippen LogP contribution is 2.08. The zero-order valence-electron chi connectivity index (χ0n) is 13.2. The maximum atomic E-state index is 12.1. The van der Waals surface area contributed by atoms with Gasteiger partial charge < -0.3 is 14.8 Å². The molecule has 0 radical (unpaired) electrons. The number of rotatable bonds is 5. The Balaban J connectivity index is 1.88. The lowest BCUT2D eigenvalue weighted by Crippen LogP contribution is -2.52. The molecule has 124 valence electrons. The quantitative estimate of drug-likeness (QED) is 0.738. The minimum Gasteiger partial charge on any atom is -0.337 e. The molecule has 22 heavy (non-hydrogen) atoms. The molecule has 1 saturated heterocycles. The molecule has 0 aliphatic carbocycles. The number of imidazole rings is 1. The van der Waals surface area contributed by atoms with Gasteiger partial charge in [-0.2, -0.15) is 0 Å². The van der Waals surface area contributed by atoms with Gasteiger partial charge in [-0.1, -0.05) is 0 Å². The van der Waals surface area contributed by atoms with Crippen LogP contribution in [0.5, 0.6) is 0 Å². The normalized spacial score (nSPS) is 19.4. The molecular weight excluding hydrogens is 306 g/mol. The van der Waals surface area contributed by atoms with Gasteiger partial charge in [0.05, 0.1) is 0 Å². The van der Waals surface area contributed by atoms with Crippen LogP contribution in [0.15, 0.2) is 11.2 Å². The highest BCUT2D eigenvalue weighted by atomic mass is 32.2. The summed E-state index contributed by atoms with van der Waals surface area (Å²) in [6.07, 6.45) is 1.60. The summed E-state index contributed by atoms with van der Waals surface area (Å²) in [5.41, 5.74) is 0. The van der Waals surface area contributed by atoms with Gasteiger partial charge in [0.25, 0.3) is 10.0 Å². The predicted octanol–water partition coefficient (Wildman–Crippen LogP) is -0.783. The van der Waals surface area contributed by atoms with Crippen molar-refractivity contribution in [3.05, 3.63) is 12.0 Å². The Kier molecular flexibility index (Phi) is 5.20. The number of carbonyl (C=O) groups excluding carboxylic acids is 1. The fourth-order valence-corrected chi connectivity index (χ4v) is 3.45. The van der Waals surface area contributed by atoms with Crippen LogP contribution in [0.1, 0.15) is 19.2 Å². The molecule has 1 atom stereocenters. The smallest absolute Gasteiger partial charge is 0.259 e. The number of hydrogen-bond donors (Lipinski definition) is 2. The first-order valence-electron chi connectivity index (χ1n) is 7.31. The first-order chi connectivity index (χ1) is 10.3. The van der Waals surface area contributed by atoms with E-state index in [9.17, 15) is 13.2 Å². The van der Waals surface area contributed by atoms with Crippen molar-refractivity contribution >= 4 is 15.9 Å². The van der Waals surface area contributed by atoms with Crippen molar-refractivity contribution in [2.45, 2.75) is 31.3 Å². The SMILES string of the molecule is Cc1nc(S(=O)(=O)NCCC(=O)N2CCNC[C@H]2C)cn1C. The molecule has 0 saturated carbocycles. The van der Waals surface area contributed by atoms with Crippen molar-refractivity contribution < 1.29 is 13.2 Å². The predicted molar refractivity (Wildman–Crippen MR) is 81.8 cm³/mol. The van der Waals surface area contributed by atoms with Crippen LogP contribution in [0.4, 0.5) is 0 Å². The summed E-state index contributed by atoms with van der Waals surface area (Å²) < 4.78 is 28.3. The minimum absolute atomic E-state index is 0.0181. The second-order valence-electron chi connectivity index (χ2n) is 5.53. The summed E-state index contributed by atoms with van der Waals surface area (Å²) in [4.78, 5) is 17.9. The first kappa shape index (κ1) is 16.9. The van der Waals surface area contributed by atoms with Gasteiger partial charge in [0, 0.05) is 51.9 Å². The van der Waals surface area contributed by atoms with Gasteiger partial charge in [-0.15, -0.1) is 0 Å². The molecule has 9 heteroatoms. The van der Waals surface area contributed by atoms with Gasteiger partial charge in [0.1, 0.15) is 5.82 Å². The number of sulfonamides is 1. The average molecular weight is 329 g/mol. The molecule has 2 heterocycles. The summed E-state index contributed by atoms with van der Waals surface area (Å²) in [6, 6.07) is 0.135. The van der Waals surface area contributed by atoms with Crippen LogP contribution in [0.25, 0.3) is 0 Å². The van der Waals surface area contributed by atoms with E-state index in [0.29, 0.717) is 12.4 Å². The number of hydrogen-bond acceptors (Lipinski definition) is 5. The van der Waals surface area contributed by atoms with Crippen LogP contribution >= 0.6 is 0 Å². The van der Waals surface area contributed by atoms with E-state index in [1.54, 1.807) is 23.4 Å². The summed E-state index contributed by atoms with van der Waals surface area (Å²) in [5.74, 6) is 0.583. The van der Waals surface area contributed by atoms with Crippen molar-refractivity contribution in [1.29, 1.82) is 0 Å². The fraction of sp³-hybridized carbons (Fsp3) is 0.692. The number of piperazine rings is 1. The first-order valence-corrected chi connectivity index (χ1v) is 8.79. The summed E-state index contributed by atoms with van der Waals surface area (Å²) in [5, 5.41) is 3.19. The Morgan fingerprint density at radius 1 is 1.55 bits per heavy atom. The van der Waals surface area contributed by atoms with E-state index in [2.05, 4.69) is 15.0 Å². The molecule has 1 amide bonds. The molecule has 1 aliphatic heterocycles. The molecule has 0 aromatic carbocycles. The van der Waals surface area contributed by atoms with E-state index in [1.165, 1.54) is 6.20 Å². The lowest BCUT2D eigenvalue weighted by atomic mass is 10.2. The van der Waals surface area contributed by atoms with Crippen molar-refractivity contribution in [1.82, 2.24) is 24.5 Å². The van der Waals surface area contributed by atoms with Crippen LogP contribution in [0, 0.1) is 6.92 Å². The maximum Gasteiger partial charge on any atom is 0.259 e. The molecule has 1 aromatic heterocycles. The second-order valence-corrected chi connectivity index (χ2v) is 7.24. The van der Waals surface area contributed by atoms with Crippen LogP contribution in [-0.2, 0) is 21.9 Å². The number of nitrogens with one attached hydrogen (secondary N) is 2. The molecule has 2 rings (SSSR count). The standard InChI is InChI=1S/C13H23N5O3S/c1-10-8-14-6-7-18(10)13(19)4-5-15-22(20,21)12-9-17(3)11(2)16-12/h9-10,14-15H,4-8H2,1-3H3/t10-/m1/s1. The van der Waals surface area contributed by atoms with Crippen LogP contribution < -0.4 is 10.0 Å². The lowest BCUT2D eigenvalue weighted by molar-refractivity contribution is -0.133. The Morgan fingerprint density at radius 2 is 2.27 bits per heavy atom. The third kappa shape index (κ3) is 3.84. The van der Waals surface area contributed by atoms with Crippen molar-refractivity contribution in [2.24, 2.45) is 7.05 Å². The topological polar surface area (TPSA) is 96.3 Å². The Bertz CT molecular complexity index is 621. The number of aryl methyl sites for hydroxylation is 2. The molecule has 1 fully saturated rings. The van der Waals surface area contributed by atoms with Crippen LogP contribution in [0.3, 0.4) is 0 Å². The van der Waals surface area contributed by atoms with E-state index in [1.807, 2.05) is 6.92 Å². The van der Waals surface area contributed by atoms with Gasteiger partial charge in [-0.05, 0) is 13.8 Å². The molecule has 0 spiro atoms. The Hall–Kier alpha value is -1.45.